The van der Waals surface area contributed by atoms with E-state index < -0.39 is 22.0 Å². The van der Waals surface area contributed by atoms with Crippen molar-refractivity contribution in [3.63, 3.8) is 0 Å². The molecule has 0 saturated carbocycles. The molecular formula is C18H20N4O4S. The van der Waals surface area contributed by atoms with Gasteiger partial charge in [-0.25, -0.2) is 13.4 Å². The van der Waals surface area contributed by atoms with Crippen molar-refractivity contribution < 1.29 is 17.9 Å². The van der Waals surface area contributed by atoms with E-state index in [1.54, 1.807) is 6.33 Å². The fourth-order valence-electron chi connectivity index (χ4n) is 3.18. The molecule has 0 N–H and O–H groups in total. The molecule has 0 aliphatic carbocycles. The van der Waals surface area contributed by atoms with Crippen LogP contribution in [0.15, 0.2) is 35.5 Å². The maximum Gasteiger partial charge on any atom is 0.324 e. The average molecular weight is 388 g/mol. The number of nitrogens with zero attached hydrogens (tertiary/aromatic N) is 4. The second-order valence-electron chi connectivity index (χ2n) is 6.57. The van der Waals surface area contributed by atoms with Gasteiger partial charge in [0.2, 0.25) is 10.0 Å². The number of hydrogen-bond donors (Lipinski definition) is 0. The fourth-order valence-corrected chi connectivity index (χ4v) is 4.72. The second-order valence-corrected chi connectivity index (χ2v) is 8.46. The minimum Gasteiger partial charge on any atom is -0.468 e. The summed E-state index contributed by atoms with van der Waals surface area (Å²) in [5.41, 5.74) is 1.82. The van der Waals surface area contributed by atoms with Crippen LogP contribution in [0.25, 0.3) is 0 Å². The van der Waals surface area contributed by atoms with Gasteiger partial charge in [0.25, 0.3) is 0 Å². The molecule has 1 atom stereocenters. The van der Waals surface area contributed by atoms with Crippen LogP contribution >= 0.6 is 0 Å². The van der Waals surface area contributed by atoms with E-state index in [4.69, 9.17) is 10.00 Å². The highest BCUT2D eigenvalue weighted by atomic mass is 32.2. The molecule has 0 saturated heterocycles. The van der Waals surface area contributed by atoms with E-state index in [2.05, 4.69) is 4.98 Å². The first kappa shape index (κ1) is 19.1. The zero-order valence-electron chi connectivity index (χ0n) is 15.3. The van der Waals surface area contributed by atoms with Crippen LogP contribution in [0.4, 0.5) is 0 Å². The van der Waals surface area contributed by atoms with Gasteiger partial charge < -0.3 is 9.30 Å². The van der Waals surface area contributed by atoms with Crippen molar-refractivity contribution >= 4 is 16.0 Å². The third-order valence-electron chi connectivity index (χ3n) is 4.64. The molecule has 1 aliphatic rings. The average Bonchev–Trinajstić information content (AvgIpc) is 3.09. The monoisotopic (exact) mass is 388 g/mol. The number of nitriles is 1. The fraction of sp³-hybridized carbons (Fsp3) is 0.389. The third-order valence-corrected chi connectivity index (χ3v) is 6.51. The lowest BCUT2D eigenvalue weighted by atomic mass is 10.1. The molecule has 9 heteroatoms. The number of fused-ring (bicyclic) bond motifs is 1. The Morgan fingerprint density at radius 1 is 1.33 bits per heavy atom. The summed E-state index contributed by atoms with van der Waals surface area (Å²) in [5, 5.41) is 8.91. The molecule has 1 aromatic heterocycles. The summed E-state index contributed by atoms with van der Waals surface area (Å²) >= 11 is 0. The Labute approximate surface area is 158 Å². The quantitative estimate of drug-likeness (QED) is 0.737. The number of aromatic nitrogens is 2. The van der Waals surface area contributed by atoms with Crippen molar-refractivity contribution in [1.29, 1.82) is 5.26 Å². The zero-order chi connectivity index (χ0) is 19.8. The molecule has 0 amide bonds. The van der Waals surface area contributed by atoms with Crippen LogP contribution in [0.1, 0.15) is 36.8 Å². The van der Waals surface area contributed by atoms with Gasteiger partial charge in [-0.05, 0) is 38.1 Å². The standard InChI is InChI=1S/C18H20N4O4S/c1-12(2)21-11-20-15-8-16(18(23)26-3)22(10-17(15)21)27(24,25)14-6-4-13(9-19)5-7-14/h4-7,11-12,16H,8,10H2,1-3H3. The number of ether oxygens (including phenoxy) is 1. The molecule has 2 heterocycles. The summed E-state index contributed by atoms with van der Waals surface area (Å²) in [4.78, 5) is 16.7. The van der Waals surface area contributed by atoms with Gasteiger partial charge in [0.05, 0.1) is 47.9 Å². The number of carbonyl (C=O) groups is 1. The summed E-state index contributed by atoms with van der Waals surface area (Å²) in [6, 6.07) is 6.70. The van der Waals surface area contributed by atoms with Crippen LogP contribution in [0, 0.1) is 11.3 Å². The van der Waals surface area contributed by atoms with Gasteiger partial charge in [0.1, 0.15) is 6.04 Å². The van der Waals surface area contributed by atoms with Crippen molar-refractivity contribution in [2.24, 2.45) is 0 Å². The number of hydrogen-bond acceptors (Lipinski definition) is 6. The molecule has 1 unspecified atom stereocenters. The lowest BCUT2D eigenvalue weighted by molar-refractivity contribution is -0.145. The molecule has 1 aromatic carbocycles. The lowest BCUT2D eigenvalue weighted by Crippen LogP contribution is -2.49. The smallest absolute Gasteiger partial charge is 0.324 e. The van der Waals surface area contributed by atoms with Crippen molar-refractivity contribution in [1.82, 2.24) is 13.9 Å². The number of sulfonamides is 1. The van der Waals surface area contributed by atoms with E-state index in [0.717, 1.165) is 10.00 Å². The van der Waals surface area contributed by atoms with Gasteiger partial charge in [0.15, 0.2) is 0 Å². The topological polar surface area (TPSA) is 105 Å². The Balaban J connectivity index is 2.07. The summed E-state index contributed by atoms with van der Waals surface area (Å²) in [6.45, 7) is 3.98. The highest BCUT2D eigenvalue weighted by Crippen LogP contribution is 2.30. The first-order chi connectivity index (χ1) is 12.8. The molecule has 0 fully saturated rings. The largest absolute Gasteiger partial charge is 0.468 e. The molecule has 27 heavy (non-hydrogen) atoms. The van der Waals surface area contributed by atoms with Crippen molar-refractivity contribution in [3.05, 3.63) is 47.5 Å². The van der Waals surface area contributed by atoms with Gasteiger partial charge in [-0.1, -0.05) is 0 Å². The summed E-state index contributed by atoms with van der Waals surface area (Å²) in [7, 11) is -2.74. The van der Waals surface area contributed by atoms with E-state index in [1.807, 2.05) is 24.5 Å². The summed E-state index contributed by atoms with van der Waals surface area (Å²) in [5.74, 6) is -0.628. The van der Waals surface area contributed by atoms with Gasteiger partial charge in [0, 0.05) is 12.5 Å². The van der Waals surface area contributed by atoms with Crippen LogP contribution < -0.4 is 0 Å². The Morgan fingerprint density at radius 2 is 2.00 bits per heavy atom. The van der Waals surface area contributed by atoms with E-state index in [-0.39, 0.29) is 23.9 Å². The number of rotatable bonds is 4. The second kappa shape index (κ2) is 7.13. The van der Waals surface area contributed by atoms with Crippen LogP contribution in [-0.2, 0) is 32.5 Å². The first-order valence-corrected chi connectivity index (χ1v) is 9.88. The lowest BCUT2D eigenvalue weighted by Gasteiger charge is -2.33. The maximum absolute atomic E-state index is 13.2. The highest BCUT2D eigenvalue weighted by Gasteiger charge is 2.42. The van der Waals surface area contributed by atoms with Crippen molar-refractivity contribution in [3.8, 4) is 6.07 Å². The predicted octanol–water partition coefficient (Wildman–Crippen LogP) is 1.62. The zero-order valence-corrected chi connectivity index (χ0v) is 16.1. The molecule has 0 bridgehead atoms. The normalized spacial score (nSPS) is 17.4. The number of imidazole rings is 1. The Kier molecular flexibility index (Phi) is 5.04. The number of esters is 1. The predicted molar refractivity (Wildman–Crippen MR) is 96.0 cm³/mol. The number of methoxy groups -OCH3 is 1. The van der Waals surface area contributed by atoms with Crippen molar-refractivity contribution in [2.75, 3.05) is 7.11 Å². The number of benzene rings is 1. The molecule has 0 radical (unpaired) electrons. The minimum absolute atomic E-state index is 0.0227. The third kappa shape index (κ3) is 3.34. The SMILES string of the molecule is COC(=O)C1Cc2ncn(C(C)C)c2CN1S(=O)(=O)c1ccc(C#N)cc1. The highest BCUT2D eigenvalue weighted by molar-refractivity contribution is 7.89. The Morgan fingerprint density at radius 3 is 2.56 bits per heavy atom. The number of carbonyl (C=O) groups excluding carboxylic acids is 1. The van der Waals surface area contributed by atoms with Crippen LogP contribution in [0.5, 0.6) is 0 Å². The summed E-state index contributed by atoms with van der Waals surface area (Å²) in [6.07, 6.45) is 1.82. The van der Waals surface area contributed by atoms with Gasteiger partial charge in [-0.2, -0.15) is 9.57 Å². The van der Waals surface area contributed by atoms with E-state index in [9.17, 15) is 13.2 Å². The van der Waals surface area contributed by atoms with Crippen LogP contribution in [0.2, 0.25) is 0 Å². The van der Waals surface area contributed by atoms with Crippen LogP contribution in [0.3, 0.4) is 0 Å². The summed E-state index contributed by atoms with van der Waals surface area (Å²) < 4.78 is 34.4. The molecular weight excluding hydrogens is 368 g/mol. The van der Waals surface area contributed by atoms with Gasteiger partial charge >= 0.3 is 5.97 Å². The van der Waals surface area contributed by atoms with E-state index in [0.29, 0.717) is 11.3 Å². The molecule has 0 spiro atoms. The first-order valence-electron chi connectivity index (χ1n) is 8.44. The Hall–Kier alpha value is -2.70. The molecule has 2 aromatic rings. The molecule has 8 nitrogen and oxygen atoms in total. The maximum atomic E-state index is 13.2. The minimum atomic E-state index is -3.97. The molecule has 142 valence electrons. The van der Waals surface area contributed by atoms with Gasteiger partial charge in [-0.15, -0.1) is 0 Å². The van der Waals surface area contributed by atoms with E-state index >= 15 is 0 Å². The Bertz CT molecular complexity index is 1000. The van der Waals surface area contributed by atoms with Crippen LogP contribution in [-0.4, -0.2) is 41.4 Å². The van der Waals surface area contributed by atoms with Crippen molar-refractivity contribution in [2.45, 2.75) is 43.8 Å². The molecule has 1 aliphatic heterocycles. The van der Waals surface area contributed by atoms with Gasteiger partial charge in [-0.3, -0.25) is 4.79 Å². The molecule has 3 rings (SSSR count). The van der Waals surface area contributed by atoms with E-state index in [1.165, 1.54) is 31.4 Å².